The lowest BCUT2D eigenvalue weighted by Crippen LogP contribution is -2.42. The van der Waals surface area contributed by atoms with Crippen molar-refractivity contribution in [3.05, 3.63) is 0 Å². The summed E-state index contributed by atoms with van der Waals surface area (Å²) in [6.07, 6.45) is 5.28. The maximum Gasteiger partial charge on any atom is 0.332 e. The topological polar surface area (TPSA) is 87.7 Å². The molecule has 0 radical (unpaired) electrons. The highest BCUT2D eigenvalue weighted by molar-refractivity contribution is 5.74. The molecule has 4 unspecified atom stereocenters. The van der Waals surface area contributed by atoms with Gasteiger partial charge in [-0.05, 0) is 31.1 Å². The summed E-state index contributed by atoms with van der Waals surface area (Å²) in [6, 6.07) is -0.185. The summed E-state index contributed by atoms with van der Waals surface area (Å²) in [5.41, 5.74) is 0. The van der Waals surface area contributed by atoms with Gasteiger partial charge in [0.05, 0.1) is 6.10 Å². The van der Waals surface area contributed by atoms with Crippen LogP contribution < -0.4 is 10.6 Å². The van der Waals surface area contributed by atoms with Crippen LogP contribution in [0.25, 0.3) is 0 Å². The Labute approximate surface area is 125 Å². The molecular weight excluding hydrogens is 272 g/mol. The second-order valence-electron chi connectivity index (χ2n) is 6.28. The van der Waals surface area contributed by atoms with Gasteiger partial charge in [0.2, 0.25) is 0 Å². The first-order valence-electron chi connectivity index (χ1n) is 7.96. The highest BCUT2D eigenvalue weighted by atomic mass is 16.5. The van der Waals surface area contributed by atoms with Crippen molar-refractivity contribution in [2.45, 2.75) is 57.7 Å². The molecule has 1 aliphatic carbocycles. The lowest BCUT2D eigenvalue weighted by molar-refractivity contribution is -0.149. The smallest absolute Gasteiger partial charge is 0.332 e. The second kappa shape index (κ2) is 7.64. The quantitative estimate of drug-likeness (QED) is 0.721. The van der Waals surface area contributed by atoms with E-state index in [-0.39, 0.29) is 12.1 Å². The Morgan fingerprint density at radius 3 is 2.48 bits per heavy atom. The minimum absolute atomic E-state index is 0.185. The van der Waals surface area contributed by atoms with Gasteiger partial charge >= 0.3 is 12.0 Å². The lowest BCUT2D eigenvalue weighted by atomic mass is 9.80. The van der Waals surface area contributed by atoms with Crippen LogP contribution in [0, 0.1) is 11.8 Å². The summed E-state index contributed by atoms with van der Waals surface area (Å²) in [7, 11) is 0. The third-order valence-corrected chi connectivity index (χ3v) is 4.69. The molecule has 2 fully saturated rings. The zero-order valence-electron chi connectivity index (χ0n) is 12.6. The predicted octanol–water partition coefficient (Wildman–Crippen LogP) is 1.74. The van der Waals surface area contributed by atoms with Crippen molar-refractivity contribution < 1.29 is 19.4 Å². The van der Waals surface area contributed by atoms with Gasteiger partial charge in [-0.15, -0.1) is 0 Å². The van der Waals surface area contributed by atoms with Crippen molar-refractivity contribution in [2.24, 2.45) is 11.8 Å². The van der Waals surface area contributed by atoms with Gasteiger partial charge in [0.15, 0.2) is 6.10 Å². The molecular formula is C15H26N2O4. The molecule has 120 valence electrons. The standard InChI is InChI=1S/C15H26N2O4/c1-10-4-2-3-5-11(10)8-16-15(20)17-9-12-6-7-13(21-12)14(18)19/h10-13H,2-9H2,1H3,(H,18,19)(H2,16,17,20). The number of hydrogen-bond donors (Lipinski definition) is 3. The molecule has 21 heavy (non-hydrogen) atoms. The van der Waals surface area contributed by atoms with E-state index in [1.165, 1.54) is 25.7 Å². The van der Waals surface area contributed by atoms with E-state index in [0.29, 0.717) is 31.2 Å². The summed E-state index contributed by atoms with van der Waals surface area (Å²) in [5.74, 6) is 0.324. The monoisotopic (exact) mass is 298 g/mol. The first-order chi connectivity index (χ1) is 10.1. The number of hydrogen-bond acceptors (Lipinski definition) is 3. The first-order valence-corrected chi connectivity index (χ1v) is 7.96. The number of carboxylic acid groups (broad SMARTS) is 1. The number of carbonyl (C=O) groups is 2. The zero-order chi connectivity index (χ0) is 15.2. The molecule has 0 aromatic heterocycles. The molecule has 6 nitrogen and oxygen atoms in total. The molecule has 1 saturated heterocycles. The average molecular weight is 298 g/mol. The fourth-order valence-corrected chi connectivity index (χ4v) is 3.23. The summed E-state index contributed by atoms with van der Waals surface area (Å²) in [6.45, 7) is 3.34. The van der Waals surface area contributed by atoms with Crippen molar-refractivity contribution >= 4 is 12.0 Å². The number of rotatable bonds is 5. The van der Waals surface area contributed by atoms with E-state index in [1.54, 1.807) is 0 Å². The summed E-state index contributed by atoms with van der Waals surface area (Å²) >= 11 is 0. The SMILES string of the molecule is CC1CCCCC1CNC(=O)NCC1CCC(C(=O)O)O1. The van der Waals surface area contributed by atoms with Gasteiger partial charge in [-0.25, -0.2) is 9.59 Å². The van der Waals surface area contributed by atoms with Crippen LogP contribution in [-0.4, -0.2) is 42.4 Å². The molecule has 3 N–H and O–H groups in total. The molecule has 0 bridgehead atoms. The molecule has 6 heteroatoms. The van der Waals surface area contributed by atoms with Crippen molar-refractivity contribution in [3.63, 3.8) is 0 Å². The van der Waals surface area contributed by atoms with E-state index >= 15 is 0 Å². The van der Waals surface area contributed by atoms with Crippen molar-refractivity contribution in [1.29, 1.82) is 0 Å². The Morgan fingerprint density at radius 1 is 1.10 bits per heavy atom. The van der Waals surface area contributed by atoms with Gasteiger partial charge < -0.3 is 20.5 Å². The Balaban J connectivity index is 1.60. The summed E-state index contributed by atoms with van der Waals surface area (Å²) in [5, 5.41) is 14.5. The maximum atomic E-state index is 11.8. The molecule has 2 amide bonds. The average Bonchev–Trinajstić information content (AvgIpc) is 2.93. The van der Waals surface area contributed by atoms with Crippen LogP contribution in [0.4, 0.5) is 4.79 Å². The second-order valence-corrected chi connectivity index (χ2v) is 6.28. The maximum absolute atomic E-state index is 11.8. The molecule has 0 spiro atoms. The van der Waals surface area contributed by atoms with Crippen LogP contribution in [-0.2, 0) is 9.53 Å². The number of aliphatic carboxylic acids is 1. The van der Waals surface area contributed by atoms with Crippen LogP contribution in [0.1, 0.15) is 45.4 Å². The van der Waals surface area contributed by atoms with E-state index in [2.05, 4.69) is 17.6 Å². The molecule has 1 saturated carbocycles. The summed E-state index contributed by atoms with van der Waals surface area (Å²) < 4.78 is 5.34. The molecule has 4 atom stereocenters. The summed E-state index contributed by atoms with van der Waals surface area (Å²) in [4.78, 5) is 22.5. The number of carbonyl (C=O) groups excluding carboxylic acids is 1. The lowest BCUT2D eigenvalue weighted by Gasteiger charge is -2.28. The largest absolute Gasteiger partial charge is 0.479 e. The minimum atomic E-state index is -0.923. The number of urea groups is 1. The van der Waals surface area contributed by atoms with E-state index in [4.69, 9.17) is 9.84 Å². The van der Waals surface area contributed by atoms with Crippen molar-refractivity contribution in [2.75, 3.05) is 13.1 Å². The number of nitrogens with one attached hydrogen (secondary N) is 2. The van der Waals surface area contributed by atoms with E-state index in [1.807, 2.05) is 0 Å². The van der Waals surface area contributed by atoms with Crippen molar-refractivity contribution in [1.82, 2.24) is 10.6 Å². The number of amides is 2. The van der Waals surface area contributed by atoms with E-state index in [9.17, 15) is 9.59 Å². The Bertz CT molecular complexity index is 375. The van der Waals surface area contributed by atoms with E-state index in [0.717, 1.165) is 6.54 Å². The van der Waals surface area contributed by atoms with Crippen LogP contribution in [0.2, 0.25) is 0 Å². The Hall–Kier alpha value is -1.30. The van der Waals surface area contributed by atoms with Gasteiger partial charge in [-0.3, -0.25) is 0 Å². The van der Waals surface area contributed by atoms with Gasteiger partial charge in [0.1, 0.15) is 0 Å². The number of ether oxygens (including phenoxy) is 1. The normalized spacial score (nSPS) is 32.6. The highest BCUT2D eigenvalue weighted by Crippen LogP contribution is 2.28. The Kier molecular flexibility index (Phi) is 5.85. The third-order valence-electron chi connectivity index (χ3n) is 4.69. The highest BCUT2D eigenvalue weighted by Gasteiger charge is 2.30. The first kappa shape index (κ1) is 16.1. The van der Waals surface area contributed by atoms with Gasteiger partial charge in [-0.1, -0.05) is 26.2 Å². The van der Waals surface area contributed by atoms with Crippen molar-refractivity contribution in [3.8, 4) is 0 Å². The number of carboxylic acids is 1. The van der Waals surface area contributed by atoms with Gasteiger partial charge in [0.25, 0.3) is 0 Å². The van der Waals surface area contributed by atoms with E-state index < -0.39 is 12.1 Å². The predicted molar refractivity (Wildman–Crippen MR) is 78.1 cm³/mol. The van der Waals surface area contributed by atoms with Crippen LogP contribution in [0.3, 0.4) is 0 Å². The molecule has 1 aliphatic heterocycles. The molecule has 0 aromatic carbocycles. The molecule has 1 heterocycles. The Morgan fingerprint density at radius 2 is 1.81 bits per heavy atom. The minimum Gasteiger partial charge on any atom is -0.479 e. The zero-order valence-corrected chi connectivity index (χ0v) is 12.6. The fourth-order valence-electron chi connectivity index (χ4n) is 3.23. The van der Waals surface area contributed by atoms with Gasteiger partial charge in [-0.2, -0.15) is 0 Å². The van der Waals surface area contributed by atoms with Crippen LogP contribution in [0.15, 0.2) is 0 Å². The van der Waals surface area contributed by atoms with Crippen LogP contribution >= 0.6 is 0 Å². The van der Waals surface area contributed by atoms with Crippen LogP contribution in [0.5, 0.6) is 0 Å². The fraction of sp³-hybridized carbons (Fsp3) is 0.867. The molecule has 2 aliphatic rings. The molecule has 0 aromatic rings. The van der Waals surface area contributed by atoms with Gasteiger partial charge in [0, 0.05) is 13.1 Å². The third kappa shape index (κ3) is 4.88. The molecule has 2 rings (SSSR count).